The van der Waals surface area contributed by atoms with Gasteiger partial charge in [-0.15, -0.1) is 5.10 Å². The van der Waals surface area contributed by atoms with Crippen molar-refractivity contribution < 1.29 is 23.1 Å². The normalized spacial score (nSPS) is 14.4. The number of amides is 1. The Morgan fingerprint density at radius 3 is 2.65 bits per heavy atom. The number of hydrogen-bond acceptors (Lipinski definition) is 9. The zero-order chi connectivity index (χ0) is 28.9. The zero-order valence-electron chi connectivity index (χ0n) is 23.5. The van der Waals surface area contributed by atoms with Crippen LogP contribution in [0.1, 0.15) is 44.0 Å². The van der Waals surface area contributed by atoms with E-state index in [1.807, 2.05) is 13.8 Å². The molecule has 0 bridgehead atoms. The van der Waals surface area contributed by atoms with Gasteiger partial charge in [-0.05, 0) is 75.0 Å². The highest BCUT2D eigenvalue weighted by atomic mass is 28.4. The van der Waals surface area contributed by atoms with Crippen molar-refractivity contribution >= 4 is 14.4 Å². The van der Waals surface area contributed by atoms with E-state index in [1.54, 1.807) is 26.5 Å². The van der Waals surface area contributed by atoms with Crippen molar-refractivity contribution in [3.05, 3.63) is 41.5 Å². The Bertz CT molecular complexity index is 1360. The lowest BCUT2D eigenvalue weighted by Crippen LogP contribution is -2.40. The van der Waals surface area contributed by atoms with Crippen LogP contribution in [0, 0.1) is 17.1 Å². The Morgan fingerprint density at radius 2 is 2.00 bits per heavy atom. The van der Waals surface area contributed by atoms with Gasteiger partial charge in [-0.2, -0.15) is 10.4 Å². The number of carbonyl (C=O) groups is 1. The molecule has 0 aliphatic carbocycles. The van der Waals surface area contributed by atoms with Crippen LogP contribution in [-0.2, 0) is 22.3 Å². The highest BCUT2D eigenvalue weighted by Gasteiger charge is 2.28. The topological polar surface area (TPSA) is 133 Å². The Kier molecular flexibility index (Phi) is 9.16. The minimum atomic E-state index is -1.67. The third-order valence-corrected chi connectivity index (χ3v) is 7.40. The van der Waals surface area contributed by atoms with Gasteiger partial charge >= 0.3 is 6.09 Å². The van der Waals surface area contributed by atoms with E-state index in [9.17, 15) is 14.4 Å². The molecule has 1 amide bonds. The maximum absolute atomic E-state index is 15.0. The molecule has 0 radical (unpaired) electrons. The first-order valence-corrected chi connectivity index (χ1v) is 16.7. The number of nitrogens with zero attached hydrogens (tertiary/aromatic N) is 8. The van der Waals surface area contributed by atoms with Crippen LogP contribution in [0.15, 0.2) is 24.4 Å². The molecule has 214 valence electrons. The Morgan fingerprint density at radius 1 is 1.25 bits per heavy atom. The summed E-state index contributed by atoms with van der Waals surface area (Å²) in [5, 5.41) is 26.0. The number of carbonyl (C=O) groups excluding carboxylic acids is 1. The first-order valence-electron chi connectivity index (χ1n) is 13.3. The first-order chi connectivity index (χ1) is 19.1. The number of rotatable bonds is 10. The minimum Gasteiger partial charge on any atom is -0.486 e. The van der Waals surface area contributed by atoms with Gasteiger partial charge in [0.15, 0.2) is 25.7 Å². The highest BCUT2D eigenvalue weighted by Crippen LogP contribution is 2.28. The maximum atomic E-state index is 15.0. The average molecular weight is 571 g/mol. The fourth-order valence-corrected chi connectivity index (χ4v) is 5.09. The molecule has 0 unspecified atom stereocenters. The Balaban J connectivity index is 1.37. The number of ether oxygens (including phenoxy) is 2. The maximum Gasteiger partial charge on any atom is 0.410 e. The fraction of sp³-hybridized carbons (Fsp3) is 0.538. The molecule has 14 heteroatoms. The minimum absolute atomic E-state index is 0.0233. The second kappa shape index (κ2) is 12.6. The molecule has 0 N–H and O–H groups in total. The van der Waals surface area contributed by atoms with E-state index >= 15 is 0 Å². The summed E-state index contributed by atoms with van der Waals surface area (Å²) in [6.45, 7) is 11.9. The van der Waals surface area contributed by atoms with Crippen molar-refractivity contribution in [2.24, 2.45) is 0 Å². The Labute approximate surface area is 233 Å². The SMILES string of the molecule is CC(C)OC(=O)N1CCC(n2ncc(COc3ccc(-c4nnnn4CCO[Si](C)(C)C)cc3F)c2C#N)CC1. The molecule has 1 saturated heterocycles. The van der Waals surface area contributed by atoms with Crippen LogP contribution in [0.25, 0.3) is 11.4 Å². The summed E-state index contributed by atoms with van der Waals surface area (Å²) in [5.41, 5.74) is 1.43. The summed E-state index contributed by atoms with van der Waals surface area (Å²) in [6.07, 6.45) is 2.35. The molecule has 2 aromatic heterocycles. The lowest BCUT2D eigenvalue weighted by Gasteiger charge is -2.32. The molecule has 4 rings (SSSR count). The molecular weight excluding hydrogens is 535 g/mol. The third kappa shape index (κ3) is 7.22. The van der Waals surface area contributed by atoms with Gasteiger partial charge in [0.25, 0.3) is 0 Å². The number of aromatic nitrogens is 6. The summed E-state index contributed by atoms with van der Waals surface area (Å²) in [4.78, 5) is 13.8. The van der Waals surface area contributed by atoms with E-state index in [-0.39, 0.29) is 30.6 Å². The number of hydrogen-bond donors (Lipinski definition) is 0. The number of tetrazole rings is 1. The fourth-order valence-electron chi connectivity index (χ4n) is 4.39. The summed E-state index contributed by atoms with van der Waals surface area (Å²) in [7, 11) is -1.67. The highest BCUT2D eigenvalue weighted by molar-refractivity contribution is 6.69. The number of piperidine rings is 1. The Hall–Kier alpha value is -3.83. The van der Waals surface area contributed by atoms with Crippen LogP contribution < -0.4 is 4.74 Å². The molecule has 1 aliphatic rings. The molecule has 1 aliphatic heterocycles. The number of likely N-dealkylation sites (tertiary alicyclic amines) is 1. The van der Waals surface area contributed by atoms with Crippen molar-refractivity contribution in [2.45, 2.75) is 71.6 Å². The van der Waals surface area contributed by atoms with E-state index in [1.165, 1.54) is 12.1 Å². The van der Waals surface area contributed by atoms with Gasteiger partial charge in [-0.1, -0.05) is 0 Å². The van der Waals surface area contributed by atoms with Crippen molar-refractivity contribution in [2.75, 3.05) is 19.7 Å². The van der Waals surface area contributed by atoms with E-state index in [4.69, 9.17) is 13.9 Å². The molecule has 1 aromatic carbocycles. The zero-order valence-corrected chi connectivity index (χ0v) is 24.5. The third-order valence-electron chi connectivity index (χ3n) is 6.33. The van der Waals surface area contributed by atoms with Crippen LogP contribution in [0.4, 0.5) is 9.18 Å². The second-order valence-electron chi connectivity index (χ2n) is 10.8. The smallest absolute Gasteiger partial charge is 0.410 e. The first kappa shape index (κ1) is 29.2. The van der Waals surface area contributed by atoms with Gasteiger partial charge in [0.1, 0.15) is 18.4 Å². The van der Waals surface area contributed by atoms with Gasteiger partial charge < -0.3 is 18.8 Å². The summed E-state index contributed by atoms with van der Waals surface area (Å²) < 4.78 is 35.1. The van der Waals surface area contributed by atoms with E-state index in [0.29, 0.717) is 61.7 Å². The molecule has 0 spiro atoms. The van der Waals surface area contributed by atoms with Crippen LogP contribution in [0.5, 0.6) is 5.75 Å². The van der Waals surface area contributed by atoms with Gasteiger partial charge in [-0.3, -0.25) is 4.68 Å². The predicted molar refractivity (Wildman–Crippen MR) is 145 cm³/mol. The molecule has 3 heterocycles. The van der Waals surface area contributed by atoms with Crippen LogP contribution in [-0.4, -0.2) is 75.1 Å². The standard InChI is InChI=1S/C26H35FN8O4Si/c1-18(2)39-26(36)33-10-8-21(9-11-33)35-23(15-28)20(16-29-35)17-37-24-7-6-19(14-22(24)27)25-30-31-32-34(25)12-13-38-40(3,4)5/h6-7,14,16,18,21H,8-13,17H2,1-5H3. The van der Waals surface area contributed by atoms with Crippen LogP contribution >= 0.6 is 0 Å². The summed E-state index contributed by atoms with van der Waals surface area (Å²) in [5.74, 6) is -0.100. The average Bonchev–Trinajstić information content (AvgIpc) is 3.53. The number of nitriles is 1. The monoisotopic (exact) mass is 570 g/mol. The predicted octanol–water partition coefficient (Wildman–Crippen LogP) is 4.16. The molecular formula is C26H35FN8O4Si. The van der Waals surface area contributed by atoms with Crippen LogP contribution in [0.3, 0.4) is 0 Å². The van der Waals surface area contributed by atoms with Crippen LogP contribution in [0.2, 0.25) is 19.6 Å². The second-order valence-corrected chi connectivity index (χ2v) is 15.4. The molecule has 12 nitrogen and oxygen atoms in total. The van der Waals surface area contributed by atoms with Crippen molar-refractivity contribution in [3.63, 3.8) is 0 Å². The summed E-state index contributed by atoms with van der Waals surface area (Å²) >= 11 is 0. The number of benzene rings is 1. The van der Waals surface area contributed by atoms with E-state index in [0.717, 1.165) is 0 Å². The van der Waals surface area contributed by atoms with E-state index < -0.39 is 14.1 Å². The van der Waals surface area contributed by atoms with Gasteiger partial charge in [0.2, 0.25) is 0 Å². The molecule has 40 heavy (non-hydrogen) atoms. The van der Waals surface area contributed by atoms with Gasteiger partial charge in [-0.25, -0.2) is 13.9 Å². The summed E-state index contributed by atoms with van der Waals surface area (Å²) in [6, 6.07) is 6.69. The lowest BCUT2D eigenvalue weighted by atomic mass is 10.1. The van der Waals surface area contributed by atoms with Crippen molar-refractivity contribution in [3.8, 4) is 23.2 Å². The molecule has 3 aromatic rings. The van der Waals surface area contributed by atoms with Crippen molar-refractivity contribution in [1.29, 1.82) is 5.26 Å². The molecule has 0 atom stereocenters. The van der Waals surface area contributed by atoms with Gasteiger partial charge in [0, 0.05) is 24.2 Å². The molecule has 1 fully saturated rings. The quantitative estimate of drug-likeness (QED) is 0.329. The number of halogens is 1. The van der Waals surface area contributed by atoms with Crippen molar-refractivity contribution in [1.82, 2.24) is 34.9 Å². The van der Waals surface area contributed by atoms with E-state index in [2.05, 4.69) is 46.3 Å². The molecule has 0 saturated carbocycles. The largest absolute Gasteiger partial charge is 0.486 e. The lowest BCUT2D eigenvalue weighted by molar-refractivity contribution is 0.0652. The van der Waals surface area contributed by atoms with Gasteiger partial charge in [0.05, 0.1) is 31.5 Å².